The number of nitrogens with one attached hydrogen (secondary N) is 1. The van der Waals surface area contributed by atoms with Crippen LogP contribution in [-0.2, 0) is 0 Å². The van der Waals surface area contributed by atoms with Crippen molar-refractivity contribution in [3.63, 3.8) is 0 Å². The second-order valence-corrected chi connectivity index (χ2v) is 6.04. The third-order valence-electron chi connectivity index (χ3n) is 4.33. The molecule has 2 heterocycles. The number of hydrogen-bond donors (Lipinski definition) is 1. The molecule has 1 amide bonds. The Morgan fingerprint density at radius 1 is 1.42 bits per heavy atom. The summed E-state index contributed by atoms with van der Waals surface area (Å²) in [5.41, 5.74) is 0.602. The number of nitro groups is 1. The van der Waals surface area contributed by atoms with Crippen LogP contribution in [0.3, 0.4) is 0 Å². The van der Waals surface area contributed by atoms with Crippen molar-refractivity contribution in [2.45, 2.75) is 25.8 Å². The van der Waals surface area contributed by atoms with Crippen LogP contribution in [0.1, 0.15) is 30.3 Å². The Kier molecular flexibility index (Phi) is 6.70. The molecule has 9 heteroatoms. The van der Waals surface area contributed by atoms with Crippen LogP contribution in [0, 0.1) is 10.1 Å². The van der Waals surface area contributed by atoms with Gasteiger partial charge in [-0.25, -0.2) is 4.68 Å². The molecule has 0 aliphatic carbocycles. The van der Waals surface area contributed by atoms with Crippen molar-refractivity contribution in [3.8, 4) is 5.69 Å². The number of benzene rings is 1. The van der Waals surface area contributed by atoms with Crippen LogP contribution in [0.5, 0.6) is 0 Å². The zero-order chi connectivity index (χ0) is 17.8. The lowest BCUT2D eigenvalue weighted by Gasteiger charge is -2.27. The van der Waals surface area contributed by atoms with Crippen LogP contribution in [0.25, 0.3) is 5.69 Å². The van der Waals surface area contributed by atoms with Gasteiger partial charge >= 0.3 is 0 Å². The second-order valence-electron chi connectivity index (χ2n) is 6.04. The molecule has 1 saturated heterocycles. The summed E-state index contributed by atoms with van der Waals surface area (Å²) in [6.45, 7) is 4.40. The maximum atomic E-state index is 12.9. The fourth-order valence-corrected chi connectivity index (χ4v) is 3.13. The number of rotatable bonds is 6. The quantitative estimate of drug-likeness (QED) is 0.614. The highest BCUT2D eigenvalue weighted by molar-refractivity contribution is 5.92. The summed E-state index contributed by atoms with van der Waals surface area (Å²) in [4.78, 5) is 25.5. The molecule has 1 aliphatic heterocycles. The van der Waals surface area contributed by atoms with Crippen LogP contribution >= 0.6 is 12.4 Å². The van der Waals surface area contributed by atoms with Gasteiger partial charge < -0.3 is 10.2 Å². The molecule has 1 aliphatic rings. The molecule has 1 aromatic heterocycles. The molecule has 1 N–H and O–H groups in total. The third-order valence-corrected chi connectivity index (χ3v) is 4.33. The summed E-state index contributed by atoms with van der Waals surface area (Å²) in [5.74, 6) is -0.132. The van der Waals surface area contributed by atoms with Gasteiger partial charge in [-0.15, -0.1) is 12.4 Å². The van der Waals surface area contributed by atoms with Crippen molar-refractivity contribution in [1.29, 1.82) is 0 Å². The Labute approximate surface area is 157 Å². The van der Waals surface area contributed by atoms with E-state index in [0.717, 1.165) is 25.9 Å². The maximum Gasteiger partial charge on any atom is 0.294 e. The average molecular weight is 380 g/mol. The first-order valence-corrected chi connectivity index (χ1v) is 8.43. The van der Waals surface area contributed by atoms with E-state index in [9.17, 15) is 14.9 Å². The van der Waals surface area contributed by atoms with Crippen LogP contribution in [0.2, 0.25) is 0 Å². The van der Waals surface area contributed by atoms with E-state index in [-0.39, 0.29) is 30.0 Å². The van der Waals surface area contributed by atoms with Gasteiger partial charge in [0.05, 0.1) is 4.92 Å². The molecule has 3 rings (SSSR count). The van der Waals surface area contributed by atoms with Gasteiger partial charge in [-0.05, 0) is 31.5 Å². The lowest BCUT2D eigenvalue weighted by molar-refractivity contribution is -0.384. The van der Waals surface area contributed by atoms with Gasteiger partial charge in [0.2, 0.25) is 0 Å². The predicted molar refractivity (Wildman–Crippen MR) is 100 cm³/mol. The first-order valence-electron chi connectivity index (χ1n) is 8.43. The minimum absolute atomic E-state index is 0. The van der Waals surface area contributed by atoms with Crippen molar-refractivity contribution < 1.29 is 9.72 Å². The summed E-state index contributed by atoms with van der Waals surface area (Å²) in [5, 5.41) is 18.8. The van der Waals surface area contributed by atoms with E-state index in [2.05, 4.69) is 10.4 Å². The smallest absolute Gasteiger partial charge is 0.294 e. The molecule has 0 spiro atoms. The van der Waals surface area contributed by atoms with E-state index in [4.69, 9.17) is 0 Å². The maximum absolute atomic E-state index is 12.9. The van der Waals surface area contributed by atoms with Gasteiger partial charge in [-0.1, -0.05) is 19.1 Å². The number of nitrogens with zero attached hydrogens (tertiary/aromatic N) is 4. The highest BCUT2D eigenvalue weighted by atomic mass is 35.5. The molecule has 1 aromatic carbocycles. The van der Waals surface area contributed by atoms with Crippen LogP contribution in [-0.4, -0.2) is 51.2 Å². The molecule has 140 valence electrons. The highest BCUT2D eigenvalue weighted by Crippen LogP contribution is 2.22. The predicted octanol–water partition coefficient (Wildman–Crippen LogP) is 2.42. The Bertz CT molecular complexity index is 773. The summed E-state index contributed by atoms with van der Waals surface area (Å²) in [6, 6.07) is 8.13. The van der Waals surface area contributed by atoms with E-state index < -0.39 is 4.92 Å². The van der Waals surface area contributed by atoms with E-state index in [1.807, 2.05) is 11.8 Å². The zero-order valence-corrected chi connectivity index (χ0v) is 15.3. The molecule has 26 heavy (non-hydrogen) atoms. The van der Waals surface area contributed by atoms with Crippen molar-refractivity contribution in [3.05, 3.63) is 52.3 Å². The van der Waals surface area contributed by atoms with Crippen LogP contribution in [0.15, 0.2) is 36.5 Å². The van der Waals surface area contributed by atoms with E-state index >= 15 is 0 Å². The largest absolute Gasteiger partial charge is 0.333 e. The van der Waals surface area contributed by atoms with Gasteiger partial charge in [0.25, 0.3) is 11.6 Å². The third kappa shape index (κ3) is 4.03. The molecule has 2 aromatic rings. The van der Waals surface area contributed by atoms with E-state index in [1.165, 1.54) is 10.7 Å². The van der Waals surface area contributed by atoms with Crippen molar-refractivity contribution >= 4 is 24.0 Å². The Morgan fingerprint density at radius 2 is 2.19 bits per heavy atom. The zero-order valence-electron chi connectivity index (χ0n) is 14.5. The number of carbonyl (C=O) groups is 1. The number of hydrogen-bond acceptors (Lipinski definition) is 5. The Morgan fingerprint density at radius 3 is 2.85 bits per heavy atom. The SMILES string of the molecule is CCCN(C(=O)c1ccn(-c2ccccc2[N+](=O)[O-])n1)C1CCNC1.Cl. The van der Waals surface area contributed by atoms with Gasteiger partial charge in [0, 0.05) is 31.4 Å². The Hall–Kier alpha value is -2.45. The summed E-state index contributed by atoms with van der Waals surface area (Å²) >= 11 is 0. The number of carbonyl (C=O) groups excluding carboxylic acids is 1. The topological polar surface area (TPSA) is 93.3 Å². The molecular weight excluding hydrogens is 358 g/mol. The minimum atomic E-state index is -0.452. The fourth-order valence-electron chi connectivity index (χ4n) is 3.13. The first kappa shape index (κ1) is 19.9. The van der Waals surface area contributed by atoms with Gasteiger partial charge in [0.1, 0.15) is 5.69 Å². The molecule has 8 nitrogen and oxygen atoms in total. The normalized spacial score (nSPS) is 16.1. The molecule has 1 unspecified atom stereocenters. The standard InChI is InChI=1S/C17H21N5O3.ClH/c1-2-10-20(13-7-9-18-12-13)17(23)14-8-11-21(19-14)15-5-3-4-6-16(15)22(24)25;/h3-6,8,11,13,18H,2,7,9-10,12H2,1H3;1H. The summed E-state index contributed by atoms with van der Waals surface area (Å²) in [7, 11) is 0. The second kappa shape index (κ2) is 8.77. The number of para-hydroxylation sites is 2. The summed E-state index contributed by atoms with van der Waals surface area (Å²) in [6.07, 6.45) is 3.39. The summed E-state index contributed by atoms with van der Waals surface area (Å²) < 4.78 is 1.39. The molecular formula is C17H22ClN5O3. The monoisotopic (exact) mass is 379 g/mol. The Balaban J connectivity index is 0.00000243. The van der Waals surface area contributed by atoms with Gasteiger partial charge in [-0.3, -0.25) is 14.9 Å². The molecule has 1 fully saturated rings. The molecule has 1 atom stereocenters. The lowest BCUT2D eigenvalue weighted by Crippen LogP contribution is -2.42. The number of amides is 1. The number of aromatic nitrogens is 2. The number of halogens is 1. The van der Waals surface area contributed by atoms with Crippen LogP contribution in [0.4, 0.5) is 5.69 Å². The van der Waals surface area contributed by atoms with Gasteiger partial charge in [-0.2, -0.15) is 5.10 Å². The van der Waals surface area contributed by atoms with E-state index in [0.29, 0.717) is 17.9 Å². The number of nitro benzene ring substituents is 1. The van der Waals surface area contributed by atoms with Gasteiger partial charge in [0.15, 0.2) is 5.69 Å². The highest BCUT2D eigenvalue weighted by Gasteiger charge is 2.28. The molecule has 0 radical (unpaired) electrons. The molecule has 0 saturated carbocycles. The van der Waals surface area contributed by atoms with Crippen LogP contribution < -0.4 is 5.32 Å². The fraction of sp³-hybridized carbons (Fsp3) is 0.412. The van der Waals surface area contributed by atoms with Crippen molar-refractivity contribution in [1.82, 2.24) is 20.0 Å². The van der Waals surface area contributed by atoms with E-state index in [1.54, 1.807) is 30.5 Å². The lowest BCUT2D eigenvalue weighted by atomic mass is 10.2. The molecule has 0 bridgehead atoms. The average Bonchev–Trinajstić information content (AvgIpc) is 3.30. The van der Waals surface area contributed by atoms with Crippen molar-refractivity contribution in [2.75, 3.05) is 19.6 Å². The minimum Gasteiger partial charge on any atom is -0.333 e. The first-order chi connectivity index (χ1) is 12.1. The van der Waals surface area contributed by atoms with Crippen molar-refractivity contribution in [2.24, 2.45) is 0 Å².